The Morgan fingerprint density at radius 1 is 0.833 bits per heavy atom. The highest BCUT2D eigenvalue weighted by Crippen LogP contribution is 2.32. The summed E-state index contributed by atoms with van der Waals surface area (Å²) < 4.78 is 7.29. The van der Waals surface area contributed by atoms with Gasteiger partial charge in [0.1, 0.15) is 18.3 Å². The Balaban J connectivity index is 1.40. The zero-order valence-corrected chi connectivity index (χ0v) is 19.7. The highest BCUT2D eigenvalue weighted by atomic mass is 16.6. The van der Waals surface area contributed by atoms with Crippen molar-refractivity contribution in [2.75, 3.05) is 30.3 Å². The van der Waals surface area contributed by atoms with Crippen LogP contribution in [0.3, 0.4) is 0 Å². The fourth-order valence-corrected chi connectivity index (χ4v) is 4.35. The van der Waals surface area contributed by atoms with Crippen LogP contribution in [0.1, 0.15) is 17.4 Å². The van der Waals surface area contributed by atoms with Crippen LogP contribution in [-0.2, 0) is 17.6 Å². The van der Waals surface area contributed by atoms with Gasteiger partial charge < -0.3 is 30.7 Å². The van der Waals surface area contributed by atoms with Crippen molar-refractivity contribution < 1.29 is 20.1 Å². The first kappa shape index (κ1) is 24.1. The Morgan fingerprint density at radius 3 is 2.08 bits per heavy atom. The Bertz CT molecular complexity index is 1270. The van der Waals surface area contributed by atoms with Crippen LogP contribution in [0.4, 0.5) is 11.8 Å². The summed E-state index contributed by atoms with van der Waals surface area (Å²) in [6.45, 7) is 0.857. The third-order valence-electron chi connectivity index (χ3n) is 6.30. The standard InChI is InChI=1S/C26H30N6O4/c33-15-19-21(34)22(35)25(36-19)32-16-29-20-23(27-13-11-17-7-3-1-4-8-17)30-26(31-24(20)32)28-14-12-18-9-5-2-6-10-18/h1-10,16,19,21-22,25,33-35H,11-15H2,(H2,27,28,30,31)/t19-,21-,22-,25?/m1/s1. The van der Waals surface area contributed by atoms with Crippen molar-refractivity contribution >= 4 is 22.9 Å². The van der Waals surface area contributed by atoms with E-state index in [1.54, 1.807) is 4.57 Å². The quantitative estimate of drug-likeness (QED) is 0.225. The number of aliphatic hydroxyl groups excluding tert-OH is 3. The molecule has 10 nitrogen and oxygen atoms in total. The number of rotatable bonds is 10. The Morgan fingerprint density at radius 2 is 1.47 bits per heavy atom. The number of ether oxygens (including phenoxy) is 1. The van der Waals surface area contributed by atoms with Crippen LogP contribution in [0.2, 0.25) is 0 Å². The van der Waals surface area contributed by atoms with Gasteiger partial charge in [-0.2, -0.15) is 9.97 Å². The number of hydrogen-bond donors (Lipinski definition) is 5. The van der Waals surface area contributed by atoms with E-state index in [2.05, 4.69) is 49.9 Å². The molecular weight excluding hydrogens is 460 g/mol. The SMILES string of the molecule is OC[C@H]1OC(n2cnc3c(NCCc4ccccc4)nc(NCCc4ccccc4)nc32)[C@H](O)[C@@H]1O. The number of anilines is 2. The minimum Gasteiger partial charge on any atom is -0.394 e. The van der Waals surface area contributed by atoms with Gasteiger partial charge in [0.2, 0.25) is 5.95 Å². The number of aliphatic hydroxyl groups is 3. The minimum atomic E-state index is -1.24. The van der Waals surface area contributed by atoms with Gasteiger partial charge in [0.25, 0.3) is 0 Å². The lowest BCUT2D eigenvalue weighted by molar-refractivity contribution is -0.0511. The van der Waals surface area contributed by atoms with Gasteiger partial charge >= 0.3 is 0 Å². The molecule has 0 amide bonds. The van der Waals surface area contributed by atoms with Crippen LogP contribution in [0.5, 0.6) is 0 Å². The van der Waals surface area contributed by atoms with Crippen molar-refractivity contribution in [1.82, 2.24) is 19.5 Å². The monoisotopic (exact) mass is 490 g/mol. The number of benzene rings is 2. The third-order valence-corrected chi connectivity index (χ3v) is 6.30. The van der Waals surface area contributed by atoms with Gasteiger partial charge in [-0.3, -0.25) is 4.57 Å². The molecule has 1 fully saturated rings. The highest BCUT2D eigenvalue weighted by Gasteiger charge is 2.44. The Kier molecular flexibility index (Phi) is 7.38. The van der Waals surface area contributed by atoms with Crippen molar-refractivity contribution in [2.24, 2.45) is 0 Å². The van der Waals surface area contributed by atoms with E-state index in [-0.39, 0.29) is 0 Å². The first-order valence-corrected chi connectivity index (χ1v) is 12.1. The topological polar surface area (TPSA) is 138 Å². The van der Waals surface area contributed by atoms with Crippen LogP contribution in [0.25, 0.3) is 11.2 Å². The molecule has 0 spiro atoms. The minimum absolute atomic E-state index is 0.408. The van der Waals surface area contributed by atoms with Gasteiger partial charge in [-0.15, -0.1) is 0 Å². The fraction of sp³-hybridized carbons (Fsp3) is 0.346. The van der Waals surface area contributed by atoms with E-state index in [9.17, 15) is 15.3 Å². The first-order valence-electron chi connectivity index (χ1n) is 12.1. The van der Waals surface area contributed by atoms with Crippen molar-refractivity contribution in [1.29, 1.82) is 0 Å². The number of nitrogens with one attached hydrogen (secondary N) is 2. The molecule has 0 bridgehead atoms. The molecule has 10 heteroatoms. The summed E-state index contributed by atoms with van der Waals surface area (Å²) in [6, 6.07) is 20.3. The molecule has 1 aliphatic heterocycles. The molecular formula is C26H30N6O4. The van der Waals surface area contributed by atoms with Gasteiger partial charge in [0.05, 0.1) is 12.9 Å². The smallest absolute Gasteiger partial charge is 0.226 e. The largest absolute Gasteiger partial charge is 0.394 e. The van der Waals surface area contributed by atoms with Crippen LogP contribution in [-0.4, -0.2) is 72.8 Å². The maximum Gasteiger partial charge on any atom is 0.226 e. The van der Waals surface area contributed by atoms with Crippen molar-refractivity contribution in [3.8, 4) is 0 Å². The van der Waals surface area contributed by atoms with Crippen molar-refractivity contribution in [3.63, 3.8) is 0 Å². The highest BCUT2D eigenvalue weighted by molar-refractivity contribution is 5.84. The average molecular weight is 491 g/mol. The zero-order chi connectivity index (χ0) is 24.9. The van der Waals surface area contributed by atoms with Gasteiger partial charge in [-0.05, 0) is 24.0 Å². The van der Waals surface area contributed by atoms with Gasteiger partial charge in [0, 0.05) is 13.1 Å². The summed E-state index contributed by atoms with van der Waals surface area (Å²) in [6.07, 6.45) is -1.17. The number of nitrogens with zero attached hydrogens (tertiary/aromatic N) is 4. The second-order valence-corrected chi connectivity index (χ2v) is 8.77. The molecule has 0 saturated carbocycles. The molecule has 2 aromatic heterocycles. The molecule has 36 heavy (non-hydrogen) atoms. The summed E-state index contributed by atoms with van der Waals surface area (Å²) in [5, 5.41) is 36.9. The summed E-state index contributed by atoms with van der Waals surface area (Å²) >= 11 is 0. The molecule has 1 aliphatic rings. The van der Waals surface area contributed by atoms with E-state index in [0.29, 0.717) is 36.0 Å². The van der Waals surface area contributed by atoms with E-state index in [4.69, 9.17) is 4.74 Å². The summed E-state index contributed by atoms with van der Waals surface area (Å²) in [5.74, 6) is 0.970. The number of imidazole rings is 1. The maximum atomic E-state index is 10.6. The molecule has 1 saturated heterocycles. The second kappa shape index (κ2) is 11.0. The van der Waals surface area contributed by atoms with Gasteiger partial charge in [0.15, 0.2) is 23.2 Å². The van der Waals surface area contributed by atoms with Crippen molar-refractivity contribution in [2.45, 2.75) is 37.4 Å². The molecule has 0 radical (unpaired) electrons. The lowest BCUT2D eigenvalue weighted by atomic mass is 10.1. The first-order chi connectivity index (χ1) is 17.6. The fourth-order valence-electron chi connectivity index (χ4n) is 4.35. The van der Waals surface area contributed by atoms with E-state index in [0.717, 1.165) is 12.8 Å². The van der Waals surface area contributed by atoms with Crippen LogP contribution in [0.15, 0.2) is 67.0 Å². The molecule has 1 unspecified atom stereocenters. The summed E-state index contributed by atoms with van der Waals surface area (Å²) in [4.78, 5) is 13.8. The molecule has 5 N–H and O–H groups in total. The van der Waals surface area contributed by atoms with Crippen LogP contribution >= 0.6 is 0 Å². The lowest BCUT2D eigenvalue weighted by Gasteiger charge is -2.17. The molecule has 2 aromatic carbocycles. The lowest BCUT2D eigenvalue weighted by Crippen LogP contribution is -2.33. The number of fused-ring (bicyclic) bond motifs is 1. The third kappa shape index (κ3) is 5.17. The molecule has 188 valence electrons. The number of aromatic nitrogens is 4. The van der Waals surface area contributed by atoms with Gasteiger partial charge in [-0.1, -0.05) is 60.7 Å². The summed E-state index contributed by atoms with van der Waals surface area (Å²) in [5.41, 5.74) is 3.37. The van der Waals surface area contributed by atoms with E-state index < -0.39 is 31.1 Å². The van der Waals surface area contributed by atoms with E-state index in [1.807, 2.05) is 36.4 Å². The molecule has 5 rings (SSSR count). The molecule has 0 aliphatic carbocycles. The molecule has 3 heterocycles. The predicted molar refractivity (Wildman–Crippen MR) is 136 cm³/mol. The van der Waals surface area contributed by atoms with E-state index in [1.165, 1.54) is 17.5 Å². The maximum absolute atomic E-state index is 10.6. The normalized spacial score (nSPS) is 21.6. The zero-order valence-electron chi connectivity index (χ0n) is 19.7. The summed E-state index contributed by atoms with van der Waals surface area (Å²) in [7, 11) is 0. The number of hydrogen-bond acceptors (Lipinski definition) is 9. The average Bonchev–Trinajstić information content (AvgIpc) is 3.45. The van der Waals surface area contributed by atoms with Crippen molar-refractivity contribution in [3.05, 3.63) is 78.1 Å². The van der Waals surface area contributed by atoms with Crippen LogP contribution in [0, 0.1) is 0 Å². The van der Waals surface area contributed by atoms with Crippen LogP contribution < -0.4 is 10.6 Å². The second-order valence-electron chi connectivity index (χ2n) is 8.77. The van der Waals surface area contributed by atoms with E-state index >= 15 is 0 Å². The Hall–Kier alpha value is -3.57. The molecule has 4 aromatic rings. The molecule has 4 atom stereocenters. The Labute approximate surface area is 208 Å². The van der Waals surface area contributed by atoms with Gasteiger partial charge in [-0.25, -0.2) is 4.98 Å². The predicted octanol–water partition coefficient (Wildman–Crippen LogP) is 1.75.